The number of nitrogens with zero attached hydrogens (tertiary/aromatic N) is 1. The van der Waals surface area contributed by atoms with Gasteiger partial charge >= 0.3 is 6.03 Å². The van der Waals surface area contributed by atoms with Crippen LogP contribution in [0.2, 0.25) is 0 Å². The maximum absolute atomic E-state index is 12.0. The van der Waals surface area contributed by atoms with Crippen LogP contribution in [0.1, 0.15) is 36.2 Å². The Morgan fingerprint density at radius 3 is 2.92 bits per heavy atom. The lowest BCUT2D eigenvalue weighted by molar-refractivity contribution is -0.117. The largest absolute Gasteiger partial charge is 0.334 e. The summed E-state index contributed by atoms with van der Waals surface area (Å²) in [5.74, 6) is 0.169. The molecule has 2 aromatic rings. The van der Waals surface area contributed by atoms with E-state index in [9.17, 15) is 9.59 Å². The van der Waals surface area contributed by atoms with Crippen molar-refractivity contribution >= 4 is 29.0 Å². The number of rotatable bonds is 5. The lowest BCUT2D eigenvalue weighted by Crippen LogP contribution is -2.36. The normalized spacial score (nSPS) is 15.4. The molecule has 2 heterocycles. The van der Waals surface area contributed by atoms with Crippen molar-refractivity contribution in [2.75, 3.05) is 11.4 Å². The maximum Gasteiger partial charge on any atom is 0.315 e. The molecule has 5 nitrogen and oxygen atoms in total. The van der Waals surface area contributed by atoms with Gasteiger partial charge in [-0.2, -0.15) is 0 Å². The van der Waals surface area contributed by atoms with Crippen molar-refractivity contribution < 1.29 is 9.59 Å². The van der Waals surface area contributed by atoms with Gasteiger partial charge in [0.2, 0.25) is 5.91 Å². The summed E-state index contributed by atoms with van der Waals surface area (Å²) in [6.07, 6.45) is 1.52. The molecule has 2 N–H and O–H groups in total. The van der Waals surface area contributed by atoms with Crippen LogP contribution in [0, 0.1) is 0 Å². The molecule has 0 unspecified atom stereocenters. The van der Waals surface area contributed by atoms with E-state index in [1.807, 2.05) is 53.6 Å². The number of hydrogen-bond acceptors (Lipinski definition) is 3. The highest BCUT2D eigenvalue weighted by molar-refractivity contribution is 7.10. The molecule has 0 radical (unpaired) electrons. The van der Waals surface area contributed by atoms with Crippen LogP contribution in [0.25, 0.3) is 0 Å². The van der Waals surface area contributed by atoms with Crippen molar-refractivity contribution in [2.45, 2.75) is 32.4 Å². The van der Waals surface area contributed by atoms with Crippen molar-refractivity contribution in [1.29, 1.82) is 0 Å². The fourth-order valence-corrected chi connectivity index (χ4v) is 3.53. The number of amides is 3. The third-order valence-corrected chi connectivity index (χ3v) is 5.12. The van der Waals surface area contributed by atoms with Gasteiger partial charge < -0.3 is 15.5 Å². The third kappa shape index (κ3) is 3.94. The van der Waals surface area contributed by atoms with Crippen LogP contribution in [-0.2, 0) is 11.3 Å². The Bertz CT molecular complexity index is 715. The van der Waals surface area contributed by atoms with Gasteiger partial charge in [0.15, 0.2) is 0 Å². The molecule has 0 spiro atoms. The molecule has 24 heavy (non-hydrogen) atoms. The quantitative estimate of drug-likeness (QED) is 0.874. The van der Waals surface area contributed by atoms with Gasteiger partial charge in [-0.25, -0.2) is 4.79 Å². The van der Waals surface area contributed by atoms with Crippen LogP contribution in [0.4, 0.5) is 10.5 Å². The average Bonchev–Trinajstić information content (AvgIpc) is 3.24. The molecule has 0 aliphatic carbocycles. The first-order valence-electron chi connectivity index (χ1n) is 8.10. The number of benzene rings is 1. The number of urea groups is 1. The van der Waals surface area contributed by atoms with E-state index >= 15 is 0 Å². The smallest absolute Gasteiger partial charge is 0.315 e. The summed E-state index contributed by atoms with van der Waals surface area (Å²) in [5, 5.41) is 7.79. The minimum absolute atomic E-state index is 0.0152. The topological polar surface area (TPSA) is 61.4 Å². The second-order valence-corrected chi connectivity index (χ2v) is 6.86. The van der Waals surface area contributed by atoms with E-state index in [4.69, 9.17) is 0 Å². The fourth-order valence-electron chi connectivity index (χ4n) is 2.79. The van der Waals surface area contributed by atoms with E-state index in [1.165, 1.54) is 0 Å². The first-order valence-corrected chi connectivity index (χ1v) is 8.98. The lowest BCUT2D eigenvalue weighted by Gasteiger charge is -2.17. The second kappa shape index (κ2) is 7.49. The minimum Gasteiger partial charge on any atom is -0.334 e. The van der Waals surface area contributed by atoms with Crippen LogP contribution < -0.4 is 15.5 Å². The first kappa shape index (κ1) is 16.5. The maximum atomic E-state index is 12.0. The standard InChI is InChI=1S/C18H21N3O2S/c1-13(16-7-4-10-24-16)20-18(23)19-12-14-5-2-6-15(11-14)21-9-3-8-17(21)22/h2,4-7,10-11,13H,3,8-9,12H2,1H3,(H2,19,20,23)/t13-/m1/s1. The Morgan fingerprint density at radius 1 is 1.33 bits per heavy atom. The Balaban J connectivity index is 1.54. The summed E-state index contributed by atoms with van der Waals surface area (Å²) < 4.78 is 0. The van der Waals surface area contributed by atoms with Crippen LogP contribution in [0.5, 0.6) is 0 Å². The summed E-state index contributed by atoms with van der Waals surface area (Å²) in [4.78, 5) is 26.8. The number of carbonyl (C=O) groups excluding carboxylic acids is 2. The third-order valence-electron chi connectivity index (χ3n) is 4.07. The van der Waals surface area contributed by atoms with Gasteiger partial charge in [0.25, 0.3) is 0 Å². The van der Waals surface area contributed by atoms with Crippen LogP contribution in [0.15, 0.2) is 41.8 Å². The van der Waals surface area contributed by atoms with Gasteiger partial charge in [-0.1, -0.05) is 18.2 Å². The summed E-state index contributed by atoms with van der Waals surface area (Å²) in [6.45, 7) is 3.17. The molecule has 1 aromatic carbocycles. The summed E-state index contributed by atoms with van der Waals surface area (Å²) in [7, 11) is 0. The summed E-state index contributed by atoms with van der Waals surface area (Å²) in [5.41, 5.74) is 1.88. The molecule has 1 aromatic heterocycles. The number of anilines is 1. The SMILES string of the molecule is C[C@@H](NC(=O)NCc1cccc(N2CCCC2=O)c1)c1cccs1. The summed E-state index contributed by atoms with van der Waals surface area (Å²) >= 11 is 1.62. The van der Waals surface area contributed by atoms with E-state index in [-0.39, 0.29) is 18.0 Å². The fraction of sp³-hybridized carbons (Fsp3) is 0.333. The van der Waals surface area contributed by atoms with Crippen molar-refractivity contribution in [1.82, 2.24) is 10.6 Å². The number of hydrogen-bond donors (Lipinski definition) is 2. The second-order valence-electron chi connectivity index (χ2n) is 5.88. The minimum atomic E-state index is -0.196. The monoisotopic (exact) mass is 343 g/mol. The van der Waals surface area contributed by atoms with Gasteiger partial charge in [0.1, 0.15) is 0 Å². The van der Waals surface area contributed by atoms with E-state index < -0.39 is 0 Å². The Kier molecular flexibility index (Phi) is 5.15. The predicted molar refractivity (Wildman–Crippen MR) is 96.1 cm³/mol. The molecule has 1 saturated heterocycles. The van der Waals surface area contributed by atoms with E-state index in [2.05, 4.69) is 10.6 Å². The number of nitrogens with one attached hydrogen (secondary N) is 2. The molecule has 1 fully saturated rings. The zero-order valence-corrected chi connectivity index (χ0v) is 14.4. The molecule has 1 aliphatic rings. The van der Waals surface area contributed by atoms with Crippen molar-refractivity contribution in [3.63, 3.8) is 0 Å². The van der Waals surface area contributed by atoms with E-state index in [1.54, 1.807) is 11.3 Å². The van der Waals surface area contributed by atoms with E-state index in [0.717, 1.165) is 29.1 Å². The highest BCUT2D eigenvalue weighted by atomic mass is 32.1. The Morgan fingerprint density at radius 2 is 2.21 bits per heavy atom. The Hall–Kier alpha value is -2.34. The zero-order valence-electron chi connectivity index (χ0n) is 13.6. The van der Waals surface area contributed by atoms with Crippen molar-refractivity contribution in [3.05, 3.63) is 52.2 Å². The molecule has 0 bridgehead atoms. The van der Waals surface area contributed by atoms with E-state index in [0.29, 0.717) is 13.0 Å². The highest BCUT2D eigenvalue weighted by Gasteiger charge is 2.21. The number of carbonyl (C=O) groups is 2. The highest BCUT2D eigenvalue weighted by Crippen LogP contribution is 2.22. The average molecular weight is 343 g/mol. The van der Waals surface area contributed by atoms with Gasteiger partial charge in [-0.15, -0.1) is 11.3 Å². The molecule has 3 amide bonds. The first-order chi connectivity index (χ1) is 11.6. The van der Waals surface area contributed by atoms with Gasteiger partial charge in [0, 0.05) is 30.1 Å². The van der Waals surface area contributed by atoms with Crippen LogP contribution >= 0.6 is 11.3 Å². The number of thiophene rings is 1. The summed E-state index contributed by atoms with van der Waals surface area (Å²) in [6, 6.07) is 11.5. The molecular formula is C18H21N3O2S. The zero-order chi connectivity index (χ0) is 16.9. The van der Waals surface area contributed by atoms with Crippen molar-refractivity contribution in [3.8, 4) is 0 Å². The molecule has 1 atom stereocenters. The molecule has 3 rings (SSSR count). The molecule has 126 valence electrons. The van der Waals surface area contributed by atoms with Gasteiger partial charge in [0.05, 0.1) is 6.04 Å². The van der Waals surface area contributed by atoms with Gasteiger partial charge in [-0.05, 0) is 42.5 Å². The van der Waals surface area contributed by atoms with Crippen molar-refractivity contribution in [2.24, 2.45) is 0 Å². The van der Waals surface area contributed by atoms with Gasteiger partial charge in [-0.3, -0.25) is 4.79 Å². The molecular weight excluding hydrogens is 322 g/mol. The Labute approximate surface area is 145 Å². The molecule has 0 saturated carbocycles. The molecule has 1 aliphatic heterocycles. The predicted octanol–water partition coefficient (Wildman–Crippen LogP) is 3.44. The molecule has 6 heteroatoms. The lowest BCUT2D eigenvalue weighted by atomic mass is 10.2. The van der Waals surface area contributed by atoms with Crippen LogP contribution in [-0.4, -0.2) is 18.5 Å². The van der Waals surface area contributed by atoms with Crippen LogP contribution in [0.3, 0.4) is 0 Å².